The summed E-state index contributed by atoms with van der Waals surface area (Å²) in [5.41, 5.74) is 1.90. The standard InChI is InChI=1S/C20H20N4O3S2/c1-11(2)27-15-6-4-5-13(9-15)18(26)23-19(28)24-20-22-16-8-7-14(21-12(3)25)10-17(16)29-20/h4-11H,1-3H3,(H,21,25)(H2,22,23,24,26,28). The fraction of sp³-hybridized carbons (Fsp3) is 0.200. The lowest BCUT2D eigenvalue weighted by molar-refractivity contribution is -0.114. The molecular weight excluding hydrogens is 408 g/mol. The number of hydrogen-bond acceptors (Lipinski definition) is 6. The second-order valence-corrected chi connectivity index (χ2v) is 7.92. The summed E-state index contributed by atoms with van der Waals surface area (Å²) in [6, 6.07) is 12.3. The van der Waals surface area contributed by atoms with Gasteiger partial charge in [0.05, 0.1) is 16.3 Å². The number of rotatable bonds is 5. The lowest BCUT2D eigenvalue weighted by atomic mass is 10.2. The van der Waals surface area contributed by atoms with Gasteiger partial charge in [0.25, 0.3) is 5.91 Å². The molecule has 1 heterocycles. The summed E-state index contributed by atoms with van der Waals surface area (Å²) in [5, 5.41) is 8.99. The van der Waals surface area contributed by atoms with Crippen LogP contribution < -0.4 is 20.7 Å². The van der Waals surface area contributed by atoms with E-state index in [9.17, 15) is 9.59 Å². The Morgan fingerprint density at radius 1 is 1.14 bits per heavy atom. The van der Waals surface area contributed by atoms with Crippen LogP contribution >= 0.6 is 23.6 Å². The monoisotopic (exact) mass is 428 g/mol. The maximum atomic E-state index is 12.5. The van der Waals surface area contributed by atoms with Gasteiger partial charge in [0.2, 0.25) is 5.91 Å². The number of carbonyl (C=O) groups is 2. The fourth-order valence-electron chi connectivity index (χ4n) is 2.55. The van der Waals surface area contributed by atoms with Crippen molar-refractivity contribution in [3.05, 3.63) is 48.0 Å². The third-order valence-corrected chi connectivity index (χ3v) is 4.76. The molecule has 3 rings (SSSR count). The number of hydrogen-bond donors (Lipinski definition) is 3. The summed E-state index contributed by atoms with van der Waals surface area (Å²) in [6.45, 7) is 5.29. The van der Waals surface area contributed by atoms with E-state index in [0.717, 1.165) is 10.2 Å². The maximum absolute atomic E-state index is 12.5. The normalized spacial score (nSPS) is 10.6. The van der Waals surface area contributed by atoms with Gasteiger partial charge in [-0.25, -0.2) is 4.98 Å². The average Bonchev–Trinajstić information content (AvgIpc) is 3.02. The Morgan fingerprint density at radius 2 is 1.93 bits per heavy atom. The molecule has 9 heteroatoms. The van der Waals surface area contributed by atoms with Crippen molar-refractivity contribution < 1.29 is 14.3 Å². The summed E-state index contributed by atoms with van der Waals surface area (Å²) in [7, 11) is 0. The van der Waals surface area contributed by atoms with Gasteiger partial charge in [0, 0.05) is 18.2 Å². The molecule has 29 heavy (non-hydrogen) atoms. The second kappa shape index (κ2) is 8.97. The Kier molecular flexibility index (Phi) is 6.40. The van der Waals surface area contributed by atoms with Crippen molar-refractivity contribution in [2.45, 2.75) is 26.9 Å². The molecule has 1 aromatic heterocycles. The molecule has 3 aromatic rings. The summed E-state index contributed by atoms with van der Waals surface area (Å²) >= 11 is 6.60. The van der Waals surface area contributed by atoms with Gasteiger partial charge in [-0.1, -0.05) is 17.4 Å². The van der Waals surface area contributed by atoms with Crippen LogP contribution in [0.3, 0.4) is 0 Å². The molecule has 0 saturated carbocycles. The number of nitrogens with one attached hydrogen (secondary N) is 3. The number of fused-ring (bicyclic) bond motifs is 1. The first-order valence-corrected chi connectivity index (χ1v) is 10.1. The van der Waals surface area contributed by atoms with Crippen LogP contribution in [0.5, 0.6) is 5.75 Å². The molecule has 0 unspecified atom stereocenters. The Labute approximate surface area is 177 Å². The van der Waals surface area contributed by atoms with Crippen LogP contribution in [0.2, 0.25) is 0 Å². The molecule has 0 aliphatic heterocycles. The van der Waals surface area contributed by atoms with Crippen molar-refractivity contribution >= 4 is 61.5 Å². The van der Waals surface area contributed by atoms with E-state index in [-0.39, 0.29) is 23.0 Å². The van der Waals surface area contributed by atoms with Gasteiger partial charge >= 0.3 is 0 Å². The highest BCUT2D eigenvalue weighted by molar-refractivity contribution is 7.80. The van der Waals surface area contributed by atoms with Crippen LogP contribution in [0.4, 0.5) is 10.8 Å². The van der Waals surface area contributed by atoms with Crippen molar-refractivity contribution in [3.8, 4) is 5.75 Å². The molecule has 0 spiro atoms. The molecule has 2 amide bonds. The molecule has 0 bridgehead atoms. The first-order valence-electron chi connectivity index (χ1n) is 8.87. The summed E-state index contributed by atoms with van der Waals surface area (Å²) in [5.74, 6) is 0.136. The van der Waals surface area contributed by atoms with E-state index in [1.165, 1.54) is 18.3 Å². The molecule has 0 saturated heterocycles. The van der Waals surface area contributed by atoms with Crippen LogP contribution in [-0.4, -0.2) is 28.0 Å². The van der Waals surface area contributed by atoms with Crippen molar-refractivity contribution in [2.24, 2.45) is 0 Å². The summed E-state index contributed by atoms with van der Waals surface area (Å²) < 4.78 is 6.49. The lowest BCUT2D eigenvalue weighted by Gasteiger charge is -2.11. The van der Waals surface area contributed by atoms with Crippen molar-refractivity contribution in [1.29, 1.82) is 0 Å². The number of thiocarbonyl (C=S) groups is 1. The van der Waals surface area contributed by atoms with Gasteiger partial charge in [-0.3, -0.25) is 14.9 Å². The Balaban J connectivity index is 1.65. The number of carbonyl (C=O) groups excluding carboxylic acids is 2. The quantitative estimate of drug-likeness (QED) is 0.528. The van der Waals surface area contributed by atoms with Gasteiger partial charge in [0.15, 0.2) is 10.2 Å². The molecule has 0 fully saturated rings. The zero-order chi connectivity index (χ0) is 21.0. The third kappa shape index (κ3) is 5.72. The summed E-state index contributed by atoms with van der Waals surface area (Å²) in [4.78, 5) is 28.1. The number of benzene rings is 2. The molecular formula is C20H20N4O3S2. The van der Waals surface area contributed by atoms with E-state index in [2.05, 4.69) is 20.9 Å². The largest absolute Gasteiger partial charge is 0.491 e. The number of nitrogens with zero attached hydrogens (tertiary/aromatic N) is 1. The second-order valence-electron chi connectivity index (χ2n) is 6.49. The highest BCUT2D eigenvalue weighted by atomic mass is 32.1. The zero-order valence-electron chi connectivity index (χ0n) is 16.1. The van der Waals surface area contributed by atoms with E-state index in [1.54, 1.807) is 30.3 Å². The molecule has 2 aromatic carbocycles. The third-order valence-electron chi connectivity index (χ3n) is 3.62. The molecule has 7 nitrogen and oxygen atoms in total. The molecule has 0 radical (unpaired) electrons. The molecule has 0 aliphatic rings. The van der Waals surface area contributed by atoms with E-state index < -0.39 is 0 Å². The van der Waals surface area contributed by atoms with Crippen LogP contribution in [0.25, 0.3) is 10.2 Å². The van der Waals surface area contributed by atoms with E-state index in [4.69, 9.17) is 17.0 Å². The minimum atomic E-state index is -0.342. The topological polar surface area (TPSA) is 92.4 Å². The van der Waals surface area contributed by atoms with Crippen molar-refractivity contribution in [2.75, 3.05) is 10.6 Å². The first kappa shape index (κ1) is 20.7. The zero-order valence-corrected chi connectivity index (χ0v) is 17.7. The molecule has 150 valence electrons. The number of anilines is 2. The SMILES string of the molecule is CC(=O)Nc1ccc2nc(NC(=S)NC(=O)c3cccc(OC(C)C)c3)sc2c1. The number of aromatic nitrogens is 1. The van der Waals surface area contributed by atoms with Crippen LogP contribution in [-0.2, 0) is 4.79 Å². The maximum Gasteiger partial charge on any atom is 0.257 e. The molecule has 3 N–H and O–H groups in total. The van der Waals surface area contributed by atoms with Gasteiger partial charge < -0.3 is 15.4 Å². The van der Waals surface area contributed by atoms with Gasteiger partial charge in [0.1, 0.15) is 5.75 Å². The van der Waals surface area contributed by atoms with E-state index in [0.29, 0.717) is 22.1 Å². The van der Waals surface area contributed by atoms with Crippen LogP contribution in [0.15, 0.2) is 42.5 Å². The predicted molar refractivity (Wildman–Crippen MR) is 120 cm³/mol. The predicted octanol–water partition coefficient (Wildman–Crippen LogP) is 4.17. The first-order chi connectivity index (χ1) is 13.8. The smallest absolute Gasteiger partial charge is 0.257 e. The van der Waals surface area contributed by atoms with Gasteiger partial charge in [-0.05, 0) is 62.5 Å². The van der Waals surface area contributed by atoms with Crippen molar-refractivity contribution in [3.63, 3.8) is 0 Å². The molecule has 0 aliphatic carbocycles. The fourth-order valence-corrected chi connectivity index (χ4v) is 3.71. The highest BCUT2D eigenvalue weighted by Gasteiger charge is 2.12. The Bertz CT molecular complexity index is 1080. The minimum absolute atomic E-state index is 0.0150. The summed E-state index contributed by atoms with van der Waals surface area (Å²) in [6.07, 6.45) is 0.0150. The number of ether oxygens (including phenoxy) is 1. The van der Waals surface area contributed by atoms with Gasteiger partial charge in [-0.15, -0.1) is 0 Å². The van der Waals surface area contributed by atoms with E-state index >= 15 is 0 Å². The highest BCUT2D eigenvalue weighted by Crippen LogP contribution is 2.28. The number of amides is 2. The Morgan fingerprint density at radius 3 is 2.66 bits per heavy atom. The van der Waals surface area contributed by atoms with Crippen LogP contribution in [0.1, 0.15) is 31.1 Å². The molecule has 0 atom stereocenters. The van der Waals surface area contributed by atoms with Crippen molar-refractivity contribution in [1.82, 2.24) is 10.3 Å². The van der Waals surface area contributed by atoms with Gasteiger partial charge in [-0.2, -0.15) is 0 Å². The van der Waals surface area contributed by atoms with Crippen LogP contribution in [0, 0.1) is 0 Å². The minimum Gasteiger partial charge on any atom is -0.491 e. The Hall–Kier alpha value is -3.04. The lowest BCUT2D eigenvalue weighted by Crippen LogP contribution is -2.34. The van der Waals surface area contributed by atoms with E-state index in [1.807, 2.05) is 26.0 Å². The average molecular weight is 429 g/mol. The number of thiazole rings is 1.